The lowest BCUT2D eigenvalue weighted by Gasteiger charge is -2.18. The van der Waals surface area contributed by atoms with Gasteiger partial charge in [-0.15, -0.1) is 0 Å². The Morgan fingerprint density at radius 2 is 2.00 bits per heavy atom. The van der Waals surface area contributed by atoms with Crippen LogP contribution in [0.1, 0.15) is 35.5 Å². The number of furan rings is 1. The average molecular weight is 244 g/mol. The summed E-state index contributed by atoms with van der Waals surface area (Å²) >= 11 is 0. The SMILES string of the molecule is CCNC(Cc1ccoc1)c1cc(C)nc(C)c1. The van der Waals surface area contributed by atoms with Gasteiger partial charge in [0.1, 0.15) is 0 Å². The molecule has 3 nitrogen and oxygen atoms in total. The molecule has 2 rings (SSSR count). The van der Waals surface area contributed by atoms with Crippen LogP contribution in [0.5, 0.6) is 0 Å². The highest BCUT2D eigenvalue weighted by molar-refractivity contribution is 5.25. The smallest absolute Gasteiger partial charge is 0.0935 e. The third kappa shape index (κ3) is 3.20. The van der Waals surface area contributed by atoms with Gasteiger partial charge >= 0.3 is 0 Å². The van der Waals surface area contributed by atoms with Crippen LogP contribution in [-0.4, -0.2) is 11.5 Å². The molecule has 0 spiro atoms. The summed E-state index contributed by atoms with van der Waals surface area (Å²) in [6.45, 7) is 7.15. The van der Waals surface area contributed by atoms with Crippen molar-refractivity contribution in [1.29, 1.82) is 0 Å². The predicted octanol–water partition coefficient (Wildman–Crippen LogP) is 3.18. The van der Waals surface area contributed by atoms with Gasteiger partial charge in [-0.05, 0) is 56.1 Å². The van der Waals surface area contributed by atoms with Gasteiger partial charge in [-0.2, -0.15) is 0 Å². The van der Waals surface area contributed by atoms with Crippen molar-refractivity contribution < 1.29 is 4.42 Å². The molecule has 2 aromatic heterocycles. The van der Waals surface area contributed by atoms with Crippen LogP contribution in [0.3, 0.4) is 0 Å². The number of aromatic nitrogens is 1. The molecule has 0 saturated heterocycles. The molecule has 0 aliphatic carbocycles. The van der Waals surface area contributed by atoms with Crippen LogP contribution in [0.2, 0.25) is 0 Å². The van der Waals surface area contributed by atoms with E-state index in [1.54, 1.807) is 6.26 Å². The van der Waals surface area contributed by atoms with Crippen LogP contribution in [0, 0.1) is 13.8 Å². The summed E-state index contributed by atoms with van der Waals surface area (Å²) in [4.78, 5) is 4.43. The Balaban J connectivity index is 2.23. The largest absolute Gasteiger partial charge is 0.472 e. The maximum absolute atomic E-state index is 5.14. The Morgan fingerprint density at radius 3 is 2.56 bits per heavy atom. The van der Waals surface area contributed by atoms with Crippen molar-refractivity contribution in [3.8, 4) is 0 Å². The molecule has 1 atom stereocenters. The minimum absolute atomic E-state index is 0.313. The van der Waals surface area contributed by atoms with Crippen molar-refractivity contribution >= 4 is 0 Å². The molecule has 2 heterocycles. The lowest BCUT2D eigenvalue weighted by atomic mass is 10.00. The molecule has 0 fully saturated rings. The van der Waals surface area contributed by atoms with Gasteiger partial charge in [0.15, 0.2) is 0 Å². The second-order valence-electron chi connectivity index (χ2n) is 4.63. The van der Waals surface area contributed by atoms with Gasteiger partial charge in [0, 0.05) is 17.4 Å². The fourth-order valence-corrected chi connectivity index (χ4v) is 2.27. The number of aryl methyl sites for hydroxylation is 2. The molecule has 0 bridgehead atoms. The van der Waals surface area contributed by atoms with Crippen molar-refractivity contribution in [2.45, 2.75) is 33.2 Å². The number of pyridine rings is 1. The first kappa shape index (κ1) is 12.8. The molecular weight excluding hydrogens is 224 g/mol. The maximum Gasteiger partial charge on any atom is 0.0935 e. The number of nitrogens with one attached hydrogen (secondary N) is 1. The number of nitrogens with zero attached hydrogens (tertiary/aromatic N) is 1. The molecule has 18 heavy (non-hydrogen) atoms. The van der Waals surface area contributed by atoms with E-state index in [1.165, 1.54) is 11.1 Å². The standard InChI is InChI=1S/C15H20N2O/c1-4-16-15(9-13-5-6-18-10-13)14-7-11(2)17-12(3)8-14/h5-8,10,15-16H,4,9H2,1-3H3. The first-order chi connectivity index (χ1) is 8.69. The molecule has 0 aliphatic rings. The van der Waals surface area contributed by atoms with E-state index >= 15 is 0 Å². The second kappa shape index (κ2) is 5.83. The fourth-order valence-electron chi connectivity index (χ4n) is 2.27. The van der Waals surface area contributed by atoms with Crippen LogP contribution in [0.15, 0.2) is 35.1 Å². The molecule has 3 heteroatoms. The molecule has 1 unspecified atom stereocenters. The summed E-state index contributed by atoms with van der Waals surface area (Å²) < 4.78 is 5.14. The highest BCUT2D eigenvalue weighted by Crippen LogP contribution is 2.20. The number of rotatable bonds is 5. The van der Waals surface area contributed by atoms with Crippen LogP contribution < -0.4 is 5.32 Å². The predicted molar refractivity (Wildman–Crippen MR) is 72.5 cm³/mol. The van der Waals surface area contributed by atoms with Gasteiger partial charge < -0.3 is 9.73 Å². The van der Waals surface area contributed by atoms with E-state index in [4.69, 9.17) is 4.42 Å². The van der Waals surface area contributed by atoms with Crippen LogP contribution in [0.25, 0.3) is 0 Å². The number of likely N-dealkylation sites (N-methyl/N-ethyl adjacent to an activating group) is 1. The van der Waals surface area contributed by atoms with Crippen molar-refractivity contribution in [2.24, 2.45) is 0 Å². The number of hydrogen-bond donors (Lipinski definition) is 1. The first-order valence-corrected chi connectivity index (χ1v) is 6.38. The van der Waals surface area contributed by atoms with E-state index < -0.39 is 0 Å². The summed E-state index contributed by atoms with van der Waals surface area (Å²) in [6, 6.07) is 6.64. The summed E-state index contributed by atoms with van der Waals surface area (Å²) in [7, 11) is 0. The van der Waals surface area contributed by atoms with Crippen molar-refractivity contribution in [1.82, 2.24) is 10.3 Å². The quantitative estimate of drug-likeness (QED) is 0.877. The Hall–Kier alpha value is -1.61. The lowest BCUT2D eigenvalue weighted by molar-refractivity contribution is 0.534. The highest BCUT2D eigenvalue weighted by atomic mass is 16.3. The van der Waals surface area contributed by atoms with Crippen molar-refractivity contribution in [3.63, 3.8) is 0 Å². The molecule has 2 aromatic rings. The van der Waals surface area contributed by atoms with E-state index in [0.29, 0.717) is 6.04 Å². The zero-order valence-electron chi connectivity index (χ0n) is 11.2. The Labute approximate surface area is 108 Å². The molecule has 96 valence electrons. The fraction of sp³-hybridized carbons (Fsp3) is 0.400. The summed E-state index contributed by atoms with van der Waals surface area (Å²) in [5, 5.41) is 3.52. The van der Waals surface area contributed by atoms with E-state index in [9.17, 15) is 0 Å². The van der Waals surface area contributed by atoms with Crippen molar-refractivity contribution in [2.75, 3.05) is 6.54 Å². The van der Waals surface area contributed by atoms with Gasteiger partial charge in [-0.1, -0.05) is 6.92 Å². The van der Waals surface area contributed by atoms with Gasteiger partial charge in [0.2, 0.25) is 0 Å². The molecule has 0 aliphatic heterocycles. The molecule has 0 radical (unpaired) electrons. The van der Waals surface area contributed by atoms with Crippen molar-refractivity contribution in [3.05, 3.63) is 53.2 Å². The van der Waals surface area contributed by atoms with Gasteiger partial charge in [-0.3, -0.25) is 4.98 Å². The Morgan fingerprint density at radius 1 is 1.28 bits per heavy atom. The second-order valence-corrected chi connectivity index (χ2v) is 4.63. The van der Waals surface area contributed by atoms with E-state index in [1.807, 2.05) is 26.2 Å². The summed E-state index contributed by atoms with van der Waals surface area (Å²) in [5.41, 5.74) is 4.65. The third-order valence-corrected chi connectivity index (χ3v) is 2.98. The lowest BCUT2D eigenvalue weighted by Crippen LogP contribution is -2.23. The Kier molecular flexibility index (Phi) is 4.15. The minimum Gasteiger partial charge on any atom is -0.472 e. The molecule has 0 saturated carbocycles. The van der Waals surface area contributed by atoms with Crippen LogP contribution in [0.4, 0.5) is 0 Å². The Bertz CT molecular complexity index is 471. The molecule has 0 aromatic carbocycles. The van der Waals surface area contributed by atoms with E-state index in [-0.39, 0.29) is 0 Å². The molecule has 1 N–H and O–H groups in total. The summed E-state index contributed by atoms with van der Waals surface area (Å²) in [5.74, 6) is 0. The topological polar surface area (TPSA) is 38.1 Å². The average Bonchev–Trinajstić information content (AvgIpc) is 2.80. The van der Waals surface area contributed by atoms with Gasteiger partial charge in [0.05, 0.1) is 12.5 Å². The maximum atomic E-state index is 5.14. The zero-order valence-corrected chi connectivity index (χ0v) is 11.2. The van der Waals surface area contributed by atoms with Gasteiger partial charge in [0.25, 0.3) is 0 Å². The minimum atomic E-state index is 0.313. The summed E-state index contributed by atoms with van der Waals surface area (Å²) in [6.07, 6.45) is 4.47. The molecule has 0 amide bonds. The van der Waals surface area contributed by atoms with Gasteiger partial charge in [-0.25, -0.2) is 0 Å². The first-order valence-electron chi connectivity index (χ1n) is 6.38. The van der Waals surface area contributed by atoms with E-state index in [0.717, 1.165) is 24.4 Å². The monoisotopic (exact) mass is 244 g/mol. The van der Waals surface area contributed by atoms with E-state index in [2.05, 4.69) is 29.4 Å². The van der Waals surface area contributed by atoms with Crippen LogP contribution in [-0.2, 0) is 6.42 Å². The third-order valence-electron chi connectivity index (χ3n) is 2.98. The zero-order chi connectivity index (χ0) is 13.0. The molecular formula is C15H20N2O. The normalized spacial score (nSPS) is 12.6. The number of hydrogen-bond acceptors (Lipinski definition) is 3. The highest BCUT2D eigenvalue weighted by Gasteiger charge is 2.13. The van der Waals surface area contributed by atoms with Crippen LogP contribution >= 0.6 is 0 Å².